The first-order valence-corrected chi connectivity index (χ1v) is 6.22. The van der Waals surface area contributed by atoms with E-state index in [1.54, 1.807) is 0 Å². The molecule has 0 aromatic heterocycles. The molecule has 0 saturated carbocycles. The highest BCUT2D eigenvalue weighted by molar-refractivity contribution is 5.81. The number of hydrogen-bond acceptors (Lipinski definition) is 2. The van der Waals surface area contributed by atoms with Crippen molar-refractivity contribution in [1.82, 2.24) is 5.32 Å². The maximum Gasteiger partial charge on any atom is 0.237 e. The zero-order valence-corrected chi connectivity index (χ0v) is 10.7. The molecule has 0 aliphatic heterocycles. The van der Waals surface area contributed by atoms with Crippen molar-refractivity contribution >= 4 is 5.91 Å². The lowest BCUT2D eigenvalue weighted by Crippen LogP contribution is -2.40. The van der Waals surface area contributed by atoms with Gasteiger partial charge in [0.05, 0.1) is 6.04 Å². The van der Waals surface area contributed by atoms with E-state index in [0.29, 0.717) is 6.54 Å². The lowest BCUT2D eigenvalue weighted by atomic mass is 10.1. The number of nitrogens with two attached hydrogens (primary N) is 1. The molecule has 0 radical (unpaired) electrons. The summed E-state index contributed by atoms with van der Waals surface area (Å²) in [6, 6.07) is 7.73. The fraction of sp³-hybridized carbons (Fsp3) is 0.500. The molecule has 0 aliphatic rings. The second-order valence-corrected chi connectivity index (χ2v) is 4.46. The van der Waals surface area contributed by atoms with Gasteiger partial charge in [0.15, 0.2) is 0 Å². The number of carbonyl (C=O) groups is 1. The van der Waals surface area contributed by atoms with E-state index < -0.39 is 0 Å². The van der Waals surface area contributed by atoms with Crippen LogP contribution in [0.25, 0.3) is 0 Å². The summed E-state index contributed by atoms with van der Waals surface area (Å²) in [6.45, 7) is 4.69. The van der Waals surface area contributed by atoms with E-state index in [0.717, 1.165) is 24.8 Å². The Kier molecular flexibility index (Phi) is 5.70. The first-order chi connectivity index (χ1) is 8.13. The highest BCUT2D eigenvalue weighted by Gasteiger charge is 2.11. The van der Waals surface area contributed by atoms with Crippen LogP contribution in [-0.2, 0) is 11.3 Å². The lowest BCUT2D eigenvalue weighted by Gasteiger charge is -2.11. The van der Waals surface area contributed by atoms with Gasteiger partial charge in [0.1, 0.15) is 0 Å². The van der Waals surface area contributed by atoms with Crippen molar-refractivity contribution < 1.29 is 4.79 Å². The van der Waals surface area contributed by atoms with Crippen molar-refractivity contribution in [2.24, 2.45) is 5.73 Å². The summed E-state index contributed by atoms with van der Waals surface area (Å²) in [5, 5.41) is 2.87. The average molecular weight is 234 g/mol. The summed E-state index contributed by atoms with van der Waals surface area (Å²) in [7, 11) is 0. The van der Waals surface area contributed by atoms with Crippen LogP contribution in [0.2, 0.25) is 0 Å². The number of unbranched alkanes of at least 4 members (excludes halogenated alkanes) is 1. The van der Waals surface area contributed by atoms with Crippen LogP contribution in [0, 0.1) is 6.92 Å². The SMILES string of the molecule is CCCC[C@H](N)C(=O)NCc1cccc(C)c1. The third kappa shape index (κ3) is 5.00. The predicted octanol–water partition coefficient (Wildman–Crippen LogP) is 2.13. The maximum absolute atomic E-state index is 11.7. The van der Waals surface area contributed by atoms with Crippen LogP contribution in [0.5, 0.6) is 0 Å². The Morgan fingerprint density at radius 1 is 1.47 bits per heavy atom. The molecule has 1 atom stereocenters. The summed E-state index contributed by atoms with van der Waals surface area (Å²) in [5.41, 5.74) is 8.10. The molecule has 1 rings (SSSR count). The summed E-state index contributed by atoms with van der Waals surface area (Å²) in [6.07, 6.45) is 2.83. The molecule has 0 saturated heterocycles. The third-order valence-corrected chi connectivity index (χ3v) is 2.75. The monoisotopic (exact) mass is 234 g/mol. The van der Waals surface area contributed by atoms with Crippen LogP contribution in [0.15, 0.2) is 24.3 Å². The minimum atomic E-state index is -0.375. The molecule has 17 heavy (non-hydrogen) atoms. The predicted molar refractivity (Wildman–Crippen MR) is 70.5 cm³/mol. The number of benzene rings is 1. The lowest BCUT2D eigenvalue weighted by molar-refractivity contribution is -0.122. The Balaban J connectivity index is 2.37. The molecular formula is C14H22N2O. The van der Waals surface area contributed by atoms with Crippen molar-refractivity contribution in [3.8, 4) is 0 Å². The molecule has 0 fully saturated rings. The van der Waals surface area contributed by atoms with Gasteiger partial charge in [0.25, 0.3) is 0 Å². The molecule has 3 heteroatoms. The first-order valence-electron chi connectivity index (χ1n) is 6.22. The van der Waals surface area contributed by atoms with Gasteiger partial charge in [-0.3, -0.25) is 4.79 Å². The van der Waals surface area contributed by atoms with Crippen LogP contribution < -0.4 is 11.1 Å². The Bertz CT molecular complexity index is 363. The maximum atomic E-state index is 11.7. The molecule has 3 N–H and O–H groups in total. The summed E-state index contributed by atoms with van der Waals surface area (Å²) in [4.78, 5) is 11.7. The molecule has 94 valence electrons. The molecule has 1 aromatic carbocycles. The topological polar surface area (TPSA) is 55.1 Å². The van der Waals surface area contributed by atoms with Crippen LogP contribution in [0.4, 0.5) is 0 Å². The van der Waals surface area contributed by atoms with E-state index >= 15 is 0 Å². The molecule has 0 heterocycles. The van der Waals surface area contributed by atoms with Gasteiger partial charge in [-0.25, -0.2) is 0 Å². The van der Waals surface area contributed by atoms with Gasteiger partial charge in [-0.05, 0) is 18.9 Å². The van der Waals surface area contributed by atoms with E-state index in [1.165, 1.54) is 5.56 Å². The quantitative estimate of drug-likeness (QED) is 0.792. The zero-order chi connectivity index (χ0) is 12.7. The second-order valence-electron chi connectivity index (χ2n) is 4.46. The van der Waals surface area contributed by atoms with Gasteiger partial charge in [-0.1, -0.05) is 49.6 Å². The van der Waals surface area contributed by atoms with Crippen molar-refractivity contribution in [2.45, 2.75) is 45.7 Å². The third-order valence-electron chi connectivity index (χ3n) is 2.75. The molecule has 0 spiro atoms. The van der Waals surface area contributed by atoms with E-state index in [2.05, 4.69) is 18.3 Å². The minimum Gasteiger partial charge on any atom is -0.351 e. The Hall–Kier alpha value is -1.35. The molecule has 0 aliphatic carbocycles. The van der Waals surface area contributed by atoms with Crippen molar-refractivity contribution in [1.29, 1.82) is 0 Å². The number of amides is 1. The molecule has 3 nitrogen and oxygen atoms in total. The number of nitrogens with one attached hydrogen (secondary N) is 1. The Morgan fingerprint density at radius 3 is 2.88 bits per heavy atom. The van der Waals surface area contributed by atoms with Crippen LogP contribution in [0.1, 0.15) is 37.3 Å². The standard InChI is InChI=1S/C14H22N2O/c1-3-4-8-13(15)14(17)16-10-12-7-5-6-11(2)9-12/h5-7,9,13H,3-4,8,10,15H2,1-2H3,(H,16,17)/t13-/m0/s1. The highest BCUT2D eigenvalue weighted by Crippen LogP contribution is 2.04. The van der Waals surface area contributed by atoms with Gasteiger partial charge in [0.2, 0.25) is 5.91 Å². The average Bonchev–Trinajstić information content (AvgIpc) is 2.33. The number of hydrogen-bond donors (Lipinski definition) is 2. The second kappa shape index (κ2) is 7.07. The first kappa shape index (κ1) is 13.7. The zero-order valence-electron chi connectivity index (χ0n) is 10.7. The summed E-state index contributed by atoms with van der Waals surface area (Å²) in [5.74, 6) is -0.0556. The largest absolute Gasteiger partial charge is 0.351 e. The molecule has 1 aromatic rings. The number of rotatable bonds is 6. The van der Waals surface area contributed by atoms with Crippen molar-refractivity contribution in [3.05, 3.63) is 35.4 Å². The van der Waals surface area contributed by atoms with E-state index in [-0.39, 0.29) is 11.9 Å². The highest BCUT2D eigenvalue weighted by atomic mass is 16.2. The van der Waals surface area contributed by atoms with E-state index in [1.807, 2.05) is 25.1 Å². The van der Waals surface area contributed by atoms with Gasteiger partial charge in [-0.2, -0.15) is 0 Å². The fourth-order valence-electron chi connectivity index (χ4n) is 1.70. The fourth-order valence-corrected chi connectivity index (χ4v) is 1.70. The van der Waals surface area contributed by atoms with E-state index in [9.17, 15) is 4.79 Å². The normalized spacial score (nSPS) is 12.2. The Morgan fingerprint density at radius 2 is 2.24 bits per heavy atom. The van der Waals surface area contributed by atoms with Crippen LogP contribution >= 0.6 is 0 Å². The van der Waals surface area contributed by atoms with Crippen molar-refractivity contribution in [3.63, 3.8) is 0 Å². The number of carbonyl (C=O) groups excluding carboxylic acids is 1. The van der Waals surface area contributed by atoms with Gasteiger partial charge in [-0.15, -0.1) is 0 Å². The number of aryl methyl sites for hydroxylation is 1. The Labute approximate surface area is 103 Å². The molecule has 0 bridgehead atoms. The van der Waals surface area contributed by atoms with Gasteiger partial charge >= 0.3 is 0 Å². The van der Waals surface area contributed by atoms with Gasteiger partial charge < -0.3 is 11.1 Å². The van der Waals surface area contributed by atoms with Crippen molar-refractivity contribution in [2.75, 3.05) is 0 Å². The van der Waals surface area contributed by atoms with Crippen LogP contribution in [0.3, 0.4) is 0 Å². The summed E-state index contributed by atoms with van der Waals surface area (Å²) >= 11 is 0. The smallest absolute Gasteiger partial charge is 0.237 e. The minimum absolute atomic E-state index is 0.0556. The molecular weight excluding hydrogens is 212 g/mol. The van der Waals surface area contributed by atoms with Gasteiger partial charge in [0, 0.05) is 6.54 Å². The molecule has 1 amide bonds. The van der Waals surface area contributed by atoms with Crippen LogP contribution in [-0.4, -0.2) is 11.9 Å². The van der Waals surface area contributed by atoms with E-state index in [4.69, 9.17) is 5.73 Å². The molecule has 0 unspecified atom stereocenters. The summed E-state index contributed by atoms with van der Waals surface area (Å²) < 4.78 is 0.